The molecule has 0 N–H and O–H groups in total. The Balaban J connectivity index is 2.38. The first-order chi connectivity index (χ1) is 9.40. The molecule has 0 bridgehead atoms. The molecular formula is C17H26O3. The van der Waals surface area contributed by atoms with E-state index in [4.69, 9.17) is 9.47 Å². The van der Waals surface area contributed by atoms with Crippen LogP contribution in [0.15, 0.2) is 18.2 Å². The Morgan fingerprint density at radius 2 is 1.90 bits per heavy atom. The number of carbonyl (C=O) groups excluding carboxylic acids is 1. The summed E-state index contributed by atoms with van der Waals surface area (Å²) in [6.07, 6.45) is 0.359. The lowest BCUT2D eigenvalue weighted by Crippen LogP contribution is -2.24. The van der Waals surface area contributed by atoms with Gasteiger partial charge in [0.15, 0.2) is 6.10 Å². The molecule has 1 aromatic carbocycles. The van der Waals surface area contributed by atoms with Crippen LogP contribution in [0.3, 0.4) is 0 Å². The predicted molar refractivity (Wildman–Crippen MR) is 80.6 cm³/mol. The van der Waals surface area contributed by atoms with Gasteiger partial charge in [0, 0.05) is 0 Å². The Bertz CT molecular complexity index is 438. The Kier molecular flexibility index (Phi) is 6.73. The maximum atomic E-state index is 11.7. The fourth-order valence-electron chi connectivity index (χ4n) is 1.80. The number of benzene rings is 1. The van der Waals surface area contributed by atoms with Crippen LogP contribution in [-0.4, -0.2) is 18.7 Å². The van der Waals surface area contributed by atoms with Crippen molar-refractivity contribution >= 4 is 5.97 Å². The normalized spacial score (nSPS) is 12.5. The Labute approximate surface area is 122 Å². The number of hydrogen-bond acceptors (Lipinski definition) is 3. The predicted octanol–water partition coefficient (Wildman–Crippen LogP) is 3.80. The standard InChI is InChI=1S/C17H26O3/c1-12(2)8-9-19-17(18)15(5)20-11-16-7-6-13(3)10-14(16)4/h6-7,10,12,15H,8-9,11H2,1-5H3. The van der Waals surface area contributed by atoms with Gasteiger partial charge in [0.2, 0.25) is 0 Å². The van der Waals surface area contributed by atoms with Crippen molar-refractivity contribution in [3.8, 4) is 0 Å². The topological polar surface area (TPSA) is 35.5 Å². The van der Waals surface area contributed by atoms with Gasteiger partial charge < -0.3 is 9.47 Å². The number of carbonyl (C=O) groups is 1. The molecular weight excluding hydrogens is 252 g/mol. The van der Waals surface area contributed by atoms with Crippen LogP contribution in [0.4, 0.5) is 0 Å². The van der Waals surface area contributed by atoms with Crippen molar-refractivity contribution in [3.05, 3.63) is 34.9 Å². The van der Waals surface area contributed by atoms with Gasteiger partial charge in [-0.25, -0.2) is 4.79 Å². The molecule has 1 atom stereocenters. The lowest BCUT2D eigenvalue weighted by atomic mass is 10.1. The summed E-state index contributed by atoms with van der Waals surface area (Å²) < 4.78 is 10.8. The van der Waals surface area contributed by atoms with Gasteiger partial charge in [0.05, 0.1) is 13.2 Å². The fourth-order valence-corrected chi connectivity index (χ4v) is 1.80. The molecule has 0 heterocycles. The summed E-state index contributed by atoms with van der Waals surface area (Å²) in [6.45, 7) is 11.0. The first kappa shape index (κ1) is 16.7. The third-order valence-electron chi connectivity index (χ3n) is 3.26. The van der Waals surface area contributed by atoms with Crippen LogP contribution in [0.5, 0.6) is 0 Å². The molecule has 0 aliphatic rings. The molecule has 112 valence electrons. The van der Waals surface area contributed by atoms with E-state index in [0.29, 0.717) is 19.1 Å². The molecule has 0 fully saturated rings. The second-order valence-electron chi connectivity index (χ2n) is 5.73. The molecule has 0 saturated heterocycles. The molecule has 3 nitrogen and oxygen atoms in total. The zero-order valence-electron chi connectivity index (χ0n) is 13.2. The largest absolute Gasteiger partial charge is 0.464 e. The lowest BCUT2D eigenvalue weighted by molar-refractivity contribution is -0.157. The molecule has 0 aromatic heterocycles. The molecule has 3 heteroatoms. The minimum absolute atomic E-state index is 0.282. The van der Waals surface area contributed by atoms with E-state index in [-0.39, 0.29) is 5.97 Å². The molecule has 1 rings (SSSR count). The van der Waals surface area contributed by atoms with E-state index < -0.39 is 6.10 Å². The SMILES string of the molecule is Cc1ccc(COC(C)C(=O)OCCC(C)C)c(C)c1. The Morgan fingerprint density at radius 3 is 2.50 bits per heavy atom. The summed E-state index contributed by atoms with van der Waals surface area (Å²) in [7, 11) is 0. The van der Waals surface area contributed by atoms with Crippen molar-refractivity contribution in [1.29, 1.82) is 0 Å². The number of ether oxygens (including phenoxy) is 2. The number of aryl methyl sites for hydroxylation is 2. The number of rotatable bonds is 7. The Morgan fingerprint density at radius 1 is 1.20 bits per heavy atom. The van der Waals surface area contributed by atoms with E-state index >= 15 is 0 Å². The smallest absolute Gasteiger partial charge is 0.334 e. The van der Waals surface area contributed by atoms with Gasteiger partial charge >= 0.3 is 5.97 Å². The third kappa shape index (κ3) is 5.74. The summed E-state index contributed by atoms with van der Waals surface area (Å²) in [6, 6.07) is 6.21. The van der Waals surface area contributed by atoms with Gasteiger partial charge in [0.25, 0.3) is 0 Å². The zero-order chi connectivity index (χ0) is 15.1. The monoisotopic (exact) mass is 278 g/mol. The van der Waals surface area contributed by atoms with E-state index in [9.17, 15) is 4.79 Å². The number of hydrogen-bond donors (Lipinski definition) is 0. The molecule has 0 radical (unpaired) electrons. The summed E-state index contributed by atoms with van der Waals surface area (Å²) in [4.78, 5) is 11.7. The van der Waals surface area contributed by atoms with Crippen LogP contribution < -0.4 is 0 Å². The first-order valence-electron chi connectivity index (χ1n) is 7.24. The molecule has 1 aromatic rings. The molecule has 20 heavy (non-hydrogen) atoms. The van der Waals surface area contributed by atoms with Crippen molar-refractivity contribution in [2.24, 2.45) is 5.92 Å². The molecule has 0 spiro atoms. The fraction of sp³-hybridized carbons (Fsp3) is 0.588. The van der Waals surface area contributed by atoms with Crippen molar-refractivity contribution in [2.45, 2.75) is 53.8 Å². The maximum absolute atomic E-state index is 11.7. The summed E-state index contributed by atoms with van der Waals surface area (Å²) in [5.74, 6) is 0.254. The second-order valence-corrected chi connectivity index (χ2v) is 5.73. The molecule has 0 aliphatic heterocycles. The van der Waals surface area contributed by atoms with Gasteiger partial charge in [-0.05, 0) is 44.2 Å². The maximum Gasteiger partial charge on any atom is 0.334 e. The average Bonchev–Trinajstić information content (AvgIpc) is 2.36. The highest BCUT2D eigenvalue weighted by Gasteiger charge is 2.15. The Hall–Kier alpha value is -1.35. The minimum atomic E-state index is -0.525. The summed E-state index contributed by atoms with van der Waals surface area (Å²) >= 11 is 0. The summed E-state index contributed by atoms with van der Waals surface area (Å²) in [5, 5.41) is 0. The highest BCUT2D eigenvalue weighted by molar-refractivity contribution is 5.74. The van der Waals surface area contributed by atoms with Crippen LogP contribution >= 0.6 is 0 Å². The van der Waals surface area contributed by atoms with Crippen LogP contribution in [0.25, 0.3) is 0 Å². The third-order valence-corrected chi connectivity index (χ3v) is 3.26. The second kappa shape index (κ2) is 8.05. The summed E-state index contributed by atoms with van der Waals surface area (Å²) in [5.41, 5.74) is 3.52. The van der Waals surface area contributed by atoms with Gasteiger partial charge in [0.1, 0.15) is 0 Å². The number of esters is 1. The molecule has 0 amide bonds. The van der Waals surface area contributed by atoms with Crippen molar-refractivity contribution in [2.75, 3.05) is 6.61 Å². The van der Waals surface area contributed by atoms with Gasteiger partial charge in [-0.2, -0.15) is 0 Å². The van der Waals surface area contributed by atoms with E-state index in [0.717, 1.165) is 12.0 Å². The van der Waals surface area contributed by atoms with Crippen LogP contribution in [0, 0.1) is 19.8 Å². The van der Waals surface area contributed by atoms with Crippen molar-refractivity contribution in [1.82, 2.24) is 0 Å². The zero-order valence-corrected chi connectivity index (χ0v) is 13.2. The average molecular weight is 278 g/mol. The van der Waals surface area contributed by atoms with E-state index in [2.05, 4.69) is 39.8 Å². The van der Waals surface area contributed by atoms with Crippen molar-refractivity contribution < 1.29 is 14.3 Å². The van der Waals surface area contributed by atoms with Gasteiger partial charge in [-0.1, -0.05) is 37.6 Å². The van der Waals surface area contributed by atoms with Crippen molar-refractivity contribution in [3.63, 3.8) is 0 Å². The van der Waals surface area contributed by atoms with E-state index in [1.54, 1.807) is 6.92 Å². The van der Waals surface area contributed by atoms with Crippen LogP contribution in [0.1, 0.15) is 43.9 Å². The minimum Gasteiger partial charge on any atom is -0.464 e. The molecule has 0 saturated carbocycles. The highest BCUT2D eigenvalue weighted by atomic mass is 16.6. The van der Waals surface area contributed by atoms with E-state index in [1.807, 2.05) is 6.07 Å². The van der Waals surface area contributed by atoms with Gasteiger partial charge in [-0.3, -0.25) is 0 Å². The highest BCUT2D eigenvalue weighted by Crippen LogP contribution is 2.13. The molecule has 1 unspecified atom stereocenters. The van der Waals surface area contributed by atoms with Gasteiger partial charge in [-0.15, -0.1) is 0 Å². The lowest BCUT2D eigenvalue weighted by Gasteiger charge is -2.14. The van der Waals surface area contributed by atoms with Crippen LogP contribution in [-0.2, 0) is 20.9 Å². The first-order valence-corrected chi connectivity index (χ1v) is 7.24. The van der Waals surface area contributed by atoms with E-state index in [1.165, 1.54) is 11.1 Å². The molecule has 0 aliphatic carbocycles. The van der Waals surface area contributed by atoms with Crippen LogP contribution in [0.2, 0.25) is 0 Å². The quantitative estimate of drug-likeness (QED) is 0.712.